The first-order chi connectivity index (χ1) is 7.41. The summed E-state index contributed by atoms with van der Waals surface area (Å²) in [6.07, 6.45) is 0. The van der Waals surface area contributed by atoms with Gasteiger partial charge in [0.1, 0.15) is 0 Å². The summed E-state index contributed by atoms with van der Waals surface area (Å²) in [5.41, 5.74) is 0. The van der Waals surface area contributed by atoms with Crippen LogP contribution >= 0.6 is 0 Å². The highest BCUT2D eigenvalue weighted by molar-refractivity contribution is 3.91. The maximum absolute atomic E-state index is 2.75. The normalized spacial score (nSPS) is 3.00. The van der Waals surface area contributed by atoms with Crippen LogP contribution in [-0.2, 0) is 0 Å². The zero-order chi connectivity index (χ0) is 14.7. The molecule has 0 aromatic carbocycles. The van der Waals surface area contributed by atoms with Crippen LogP contribution in [0.2, 0.25) is 0 Å². The Morgan fingerprint density at radius 1 is 0.333 bits per heavy atom. The second kappa shape index (κ2) is 4690. The van der Waals surface area contributed by atoms with Crippen molar-refractivity contribution in [1.82, 2.24) is 5.32 Å². The van der Waals surface area contributed by atoms with Gasteiger partial charge in [-0.05, 0) is 14.1 Å². The molecule has 0 amide bonds. The number of nitrogens with one attached hydrogen (secondary N) is 1. The molecule has 0 fully saturated rings. The highest BCUT2D eigenvalue weighted by Crippen LogP contribution is 1.15. The van der Waals surface area contributed by atoms with E-state index in [0.29, 0.717) is 0 Å². The van der Waals surface area contributed by atoms with E-state index in [1.54, 1.807) is 0 Å². The van der Waals surface area contributed by atoms with Gasteiger partial charge in [-0.25, -0.2) is 0 Å². The van der Waals surface area contributed by atoms with Crippen LogP contribution in [-0.4, -0.2) is 14.1 Å². The van der Waals surface area contributed by atoms with Crippen molar-refractivity contribution in [2.24, 2.45) is 0 Å². The van der Waals surface area contributed by atoms with Gasteiger partial charge in [-0.1, -0.05) is 105 Å². The minimum absolute atomic E-state index is 0. The topological polar surface area (TPSA) is 12.0 Å². The molecule has 18 heavy (non-hydrogen) atoms. The molecule has 0 heterocycles. The van der Waals surface area contributed by atoms with E-state index in [1.807, 2.05) is 97.2 Å². The Kier molecular flexibility index (Phi) is 21200. The largest absolute Gasteiger partial charge is 0.323 e. The van der Waals surface area contributed by atoms with E-state index >= 15 is 0 Å². The predicted octanol–water partition coefficient (Wildman–Crippen LogP) is 7.90. The third-order valence-electron chi connectivity index (χ3n) is 0. The van der Waals surface area contributed by atoms with Gasteiger partial charge in [-0.3, -0.25) is 0 Å². The van der Waals surface area contributed by atoms with E-state index in [4.69, 9.17) is 0 Å². The first kappa shape index (κ1) is 81.5. The molecule has 0 aromatic heterocycles. The molecular weight excluding hydrogens is 218 g/mol. The molecule has 0 aromatic rings. The van der Waals surface area contributed by atoms with Crippen molar-refractivity contribution in [3.05, 3.63) is 0 Å². The summed E-state index contributed by atoms with van der Waals surface area (Å²) in [6, 6.07) is 0. The van der Waals surface area contributed by atoms with E-state index in [1.165, 1.54) is 0 Å². The molecule has 0 aliphatic rings. The van der Waals surface area contributed by atoms with Gasteiger partial charge in [0.15, 0.2) is 0 Å². The Labute approximate surface area is 125 Å². The highest BCUT2D eigenvalue weighted by atomic mass is 14.7. The van der Waals surface area contributed by atoms with Crippen molar-refractivity contribution >= 4 is 0 Å². The number of hydrogen-bond acceptors (Lipinski definition) is 1. The summed E-state index contributed by atoms with van der Waals surface area (Å²) >= 11 is 0. The quantitative estimate of drug-likeness (QED) is 0.473. The van der Waals surface area contributed by atoms with Gasteiger partial charge >= 0.3 is 0 Å². The maximum atomic E-state index is 2.75. The summed E-state index contributed by atoms with van der Waals surface area (Å²) in [5.74, 6) is 0. The van der Waals surface area contributed by atoms with Crippen LogP contribution in [0.15, 0.2) is 0 Å². The summed E-state index contributed by atoms with van der Waals surface area (Å²) in [7, 11) is 3.75. The Hall–Kier alpha value is -0.0400. The van der Waals surface area contributed by atoms with E-state index < -0.39 is 0 Å². The minimum Gasteiger partial charge on any atom is -0.323 e. The Morgan fingerprint density at radius 2 is 0.333 bits per heavy atom. The predicted molar refractivity (Wildman–Crippen MR) is 103 cm³/mol. The lowest BCUT2D eigenvalue weighted by Crippen LogP contribution is -1.89. The standard InChI is InChI=1S/C2H7N.6C2H6.3CH4/c1-3-2;6*1-2;;;/h3H,1-2H3;6*1-2H3;3*1H4. The second-order valence-corrected chi connectivity index (χ2v) is 0.500. The molecule has 0 aliphatic heterocycles. The highest BCUT2D eigenvalue weighted by Gasteiger charge is 1.25. The summed E-state index contributed by atoms with van der Waals surface area (Å²) < 4.78 is 0. The van der Waals surface area contributed by atoms with Crippen molar-refractivity contribution in [3.8, 4) is 0 Å². The Morgan fingerprint density at radius 3 is 0.333 bits per heavy atom. The van der Waals surface area contributed by atoms with Gasteiger partial charge in [0.2, 0.25) is 0 Å². The second-order valence-electron chi connectivity index (χ2n) is 0.500. The lowest BCUT2D eigenvalue weighted by molar-refractivity contribution is 1.02. The van der Waals surface area contributed by atoms with Crippen LogP contribution in [0.1, 0.15) is 105 Å². The number of rotatable bonds is 0. The zero-order valence-corrected chi connectivity index (χ0v) is 14.5. The lowest BCUT2D eigenvalue weighted by Gasteiger charge is -1.59. The van der Waals surface area contributed by atoms with Gasteiger partial charge in [-0.2, -0.15) is 0 Å². The van der Waals surface area contributed by atoms with E-state index in [-0.39, 0.29) is 22.3 Å². The molecule has 0 spiro atoms. The Bertz CT molecular complexity index is 5.57. The average Bonchev–Trinajstić information content (AvgIpc) is 2.44. The SMILES string of the molecule is C.C.C.CC.CC.CC.CC.CC.CC.CNC. The zero-order valence-electron chi connectivity index (χ0n) is 14.5. The van der Waals surface area contributed by atoms with E-state index in [9.17, 15) is 0 Å². The molecule has 1 heteroatoms. The first-order valence-electron chi connectivity index (χ1n) is 7.00. The lowest BCUT2D eigenvalue weighted by atomic mass is 11.0. The van der Waals surface area contributed by atoms with Gasteiger partial charge in [0.05, 0.1) is 0 Å². The summed E-state index contributed by atoms with van der Waals surface area (Å²) in [4.78, 5) is 0. The fourth-order valence-electron chi connectivity index (χ4n) is 0. The van der Waals surface area contributed by atoms with Crippen LogP contribution in [0.5, 0.6) is 0 Å². The van der Waals surface area contributed by atoms with Gasteiger partial charge in [-0.15, -0.1) is 0 Å². The molecule has 0 atom stereocenters. The van der Waals surface area contributed by atoms with Gasteiger partial charge in [0, 0.05) is 0 Å². The average molecular weight is 274 g/mol. The van der Waals surface area contributed by atoms with Crippen LogP contribution in [0.3, 0.4) is 0 Å². The molecule has 1 N–H and O–H groups in total. The summed E-state index contributed by atoms with van der Waals surface area (Å²) in [5, 5.41) is 2.75. The smallest absolute Gasteiger partial charge is 0.0167 e. The van der Waals surface area contributed by atoms with E-state index in [0.717, 1.165) is 0 Å². The monoisotopic (exact) mass is 273 g/mol. The molecule has 0 bridgehead atoms. The van der Waals surface area contributed by atoms with Crippen LogP contribution in [0.4, 0.5) is 0 Å². The molecular formula is C17H55N. The van der Waals surface area contributed by atoms with Crippen molar-refractivity contribution in [1.29, 1.82) is 0 Å². The van der Waals surface area contributed by atoms with Crippen LogP contribution in [0.25, 0.3) is 0 Å². The van der Waals surface area contributed by atoms with E-state index in [2.05, 4.69) is 5.32 Å². The Balaban J connectivity index is -0.00000000508. The summed E-state index contributed by atoms with van der Waals surface area (Å²) in [6.45, 7) is 24.0. The molecule has 0 saturated carbocycles. The fourth-order valence-corrected chi connectivity index (χ4v) is 0. The molecule has 0 aliphatic carbocycles. The van der Waals surface area contributed by atoms with Crippen molar-refractivity contribution < 1.29 is 0 Å². The first-order valence-corrected chi connectivity index (χ1v) is 7.00. The van der Waals surface area contributed by atoms with Gasteiger partial charge in [0.25, 0.3) is 0 Å². The third-order valence-corrected chi connectivity index (χ3v) is 0. The molecule has 0 radical (unpaired) electrons. The van der Waals surface area contributed by atoms with Gasteiger partial charge < -0.3 is 5.32 Å². The molecule has 128 valence electrons. The van der Waals surface area contributed by atoms with Crippen LogP contribution in [0, 0.1) is 0 Å². The molecule has 0 unspecified atom stereocenters. The van der Waals surface area contributed by atoms with Crippen molar-refractivity contribution in [3.63, 3.8) is 0 Å². The third kappa shape index (κ3) is 2230000. The minimum atomic E-state index is 0. The van der Waals surface area contributed by atoms with Crippen molar-refractivity contribution in [2.75, 3.05) is 14.1 Å². The molecule has 0 rings (SSSR count). The van der Waals surface area contributed by atoms with Crippen molar-refractivity contribution in [2.45, 2.75) is 105 Å². The maximum Gasteiger partial charge on any atom is -0.0167 e. The van der Waals surface area contributed by atoms with Crippen LogP contribution < -0.4 is 5.32 Å². The number of hydrogen-bond donors (Lipinski definition) is 1. The molecule has 1 nitrogen and oxygen atoms in total. The molecule has 0 saturated heterocycles. The fraction of sp³-hybridized carbons (Fsp3) is 1.00.